The van der Waals surface area contributed by atoms with Crippen LogP contribution in [-0.4, -0.2) is 56.0 Å². The van der Waals surface area contributed by atoms with Crippen LogP contribution in [-0.2, 0) is 4.74 Å². The van der Waals surface area contributed by atoms with Crippen LogP contribution in [0.3, 0.4) is 0 Å². The Kier molecular flexibility index (Phi) is 5.27. The lowest BCUT2D eigenvalue weighted by Crippen LogP contribution is -2.43. The van der Waals surface area contributed by atoms with Crippen molar-refractivity contribution in [2.75, 3.05) is 33.9 Å². The van der Waals surface area contributed by atoms with Crippen LogP contribution in [0.5, 0.6) is 0 Å². The number of rotatable bonds is 7. The molecule has 2 unspecified atom stereocenters. The molecule has 0 aromatic carbocycles. The Morgan fingerprint density at radius 2 is 2.20 bits per heavy atom. The van der Waals surface area contributed by atoms with Crippen molar-refractivity contribution >= 4 is 6.03 Å². The average molecular weight is 284 g/mol. The van der Waals surface area contributed by atoms with Crippen LogP contribution in [0.1, 0.15) is 38.5 Å². The third-order valence-electron chi connectivity index (χ3n) is 4.88. The number of hydrogen-bond donors (Lipinski definition) is 2. The number of nitrogens with one attached hydrogen (secondary N) is 1. The number of urea groups is 1. The van der Waals surface area contributed by atoms with E-state index in [4.69, 9.17) is 4.74 Å². The molecule has 2 aliphatic carbocycles. The highest BCUT2D eigenvalue weighted by atomic mass is 16.5. The first-order valence-electron chi connectivity index (χ1n) is 7.72. The zero-order valence-corrected chi connectivity index (χ0v) is 12.7. The van der Waals surface area contributed by atoms with Gasteiger partial charge in [0.05, 0.1) is 6.10 Å². The normalized spacial score (nSPS) is 27.4. The van der Waals surface area contributed by atoms with Gasteiger partial charge >= 0.3 is 6.03 Å². The lowest BCUT2D eigenvalue weighted by atomic mass is 10.0. The molecule has 5 heteroatoms. The Labute approximate surface area is 121 Å². The summed E-state index contributed by atoms with van der Waals surface area (Å²) in [6.07, 6.45) is 6.12. The molecule has 0 aromatic heterocycles. The van der Waals surface area contributed by atoms with E-state index in [9.17, 15) is 9.90 Å². The summed E-state index contributed by atoms with van der Waals surface area (Å²) in [6, 6.07) is -0.0206. The largest absolute Gasteiger partial charge is 0.393 e. The number of hydrogen-bond acceptors (Lipinski definition) is 3. The Hall–Kier alpha value is -0.810. The van der Waals surface area contributed by atoms with Crippen LogP contribution in [0.2, 0.25) is 0 Å². The molecular formula is C15H28N2O3. The van der Waals surface area contributed by atoms with Gasteiger partial charge in [-0.3, -0.25) is 0 Å². The van der Waals surface area contributed by atoms with Crippen molar-refractivity contribution in [3.8, 4) is 0 Å². The van der Waals surface area contributed by atoms with Gasteiger partial charge < -0.3 is 20.1 Å². The summed E-state index contributed by atoms with van der Waals surface area (Å²) in [5, 5.41) is 12.8. The Balaban J connectivity index is 1.69. The van der Waals surface area contributed by atoms with Gasteiger partial charge in [-0.25, -0.2) is 4.79 Å². The molecule has 0 saturated heterocycles. The maximum atomic E-state index is 12.1. The summed E-state index contributed by atoms with van der Waals surface area (Å²) < 4.78 is 5.12. The van der Waals surface area contributed by atoms with Gasteiger partial charge in [0.15, 0.2) is 0 Å². The van der Waals surface area contributed by atoms with Crippen LogP contribution in [0.4, 0.5) is 4.79 Å². The number of nitrogens with zero attached hydrogens (tertiary/aromatic N) is 1. The highest BCUT2D eigenvalue weighted by Gasteiger charge is 2.42. The van der Waals surface area contributed by atoms with E-state index in [1.54, 1.807) is 12.0 Å². The number of aliphatic hydroxyl groups excluding tert-OH is 1. The number of methoxy groups -OCH3 is 1. The average Bonchev–Trinajstić information content (AvgIpc) is 3.11. The minimum Gasteiger partial charge on any atom is -0.393 e. The van der Waals surface area contributed by atoms with Crippen LogP contribution < -0.4 is 5.32 Å². The minimum atomic E-state index is -0.235. The van der Waals surface area contributed by atoms with E-state index in [0.29, 0.717) is 6.54 Å². The molecule has 2 N–H and O–H groups in total. The SMILES string of the molecule is COCCC1(CNC(=O)N(C)CC2CCCC2O)CC1. The van der Waals surface area contributed by atoms with Crippen molar-refractivity contribution in [1.29, 1.82) is 0 Å². The van der Waals surface area contributed by atoms with Crippen LogP contribution in [0, 0.1) is 11.3 Å². The number of carbonyl (C=O) groups is 1. The molecule has 0 aliphatic heterocycles. The van der Waals surface area contributed by atoms with Gasteiger partial charge in [0.2, 0.25) is 0 Å². The Morgan fingerprint density at radius 3 is 2.75 bits per heavy atom. The number of amides is 2. The molecule has 2 fully saturated rings. The van der Waals surface area contributed by atoms with E-state index in [1.165, 1.54) is 12.8 Å². The van der Waals surface area contributed by atoms with E-state index in [-0.39, 0.29) is 23.5 Å². The van der Waals surface area contributed by atoms with Crippen LogP contribution >= 0.6 is 0 Å². The first kappa shape index (κ1) is 15.6. The molecule has 0 radical (unpaired) electrons. The molecule has 2 atom stereocenters. The summed E-state index contributed by atoms with van der Waals surface area (Å²) in [5.74, 6) is 0.245. The highest BCUT2D eigenvalue weighted by Crippen LogP contribution is 2.48. The van der Waals surface area contributed by atoms with Gasteiger partial charge in [-0.1, -0.05) is 6.42 Å². The minimum absolute atomic E-state index is 0.0206. The molecule has 5 nitrogen and oxygen atoms in total. The summed E-state index contributed by atoms with van der Waals surface area (Å²) in [7, 11) is 3.53. The fraction of sp³-hybridized carbons (Fsp3) is 0.933. The van der Waals surface area contributed by atoms with Crippen LogP contribution in [0.15, 0.2) is 0 Å². The molecule has 0 spiro atoms. The molecular weight excluding hydrogens is 256 g/mol. The predicted molar refractivity (Wildman–Crippen MR) is 77.5 cm³/mol. The molecule has 2 aliphatic rings. The van der Waals surface area contributed by atoms with Crippen LogP contribution in [0.25, 0.3) is 0 Å². The van der Waals surface area contributed by atoms with Crippen molar-refractivity contribution in [2.24, 2.45) is 11.3 Å². The van der Waals surface area contributed by atoms with E-state index in [2.05, 4.69) is 5.32 Å². The number of ether oxygens (including phenoxy) is 1. The monoisotopic (exact) mass is 284 g/mol. The molecule has 20 heavy (non-hydrogen) atoms. The molecule has 0 heterocycles. The van der Waals surface area contributed by atoms with Gasteiger partial charge in [-0.05, 0) is 37.5 Å². The van der Waals surface area contributed by atoms with Gasteiger partial charge in [0.25, 0.3) is 0 Å². The van der Waals surface area contributed by atoms with Crippen molar-refractivity contribution < 1.29 is 14.6 Å². The second kappa shape index (κ2) is 6.76. The second-order valence-corrected chi connectivity index (χ2v) is 6.54. The lowest BCUT2D eigenvalue weighted by molar-refractivity contribution is 0.113. The first-order valence-corrected chi connectivity index (χ1v) is 7.72. The molecule has 2 saturated carbocycles. The quantitative estimate of drug-likeness (QED) is 0.746. The third kappa shape index (κ3) is 4.09. The van der Waals surface area contributed by atoms with Gasteiger partial charge in [-0.15, -0.1) is 0 Å². The molecule has 2 rings (SSSR count). The van der Waals surface area contributed by atoms with E-state index in [0.717, 1.165) is 38.8 Å². The van der Waals surface area contributed by atoms with Gasteiger partial charge in [0.1, 0.15) is 0 Å². The number of aliphatic hydroxyl groups is 1. The fourth-order valence-electron chi connectivity index (χ4n) is 3.07. The summed E-state index contributed by atoms with van der Waals surface area (Å²) in [4.78, 5) is 13.8. The van der Waals surface area contributed by atoms with Gasteiger partial charge in [0, 0.05) is 39.8 Å². The maximum absolute atomic E-state index is 12.1. The Morgan fingerprint density at radius 1 is 1.45 bits per heavy atom. The van der Waals surface area contributed by atoms with E-state index < -0.39 is 0 Å². The molecule has 0 bridgehead atoms. The second-order valence-electron chi connectivity index (χ2n) is 6.54. The lowest BCUT2D eigenvalue weighted by Gasteiger charge is -2.25. The standard InChI is InChI=1S/C15H28N2O3/c1-17(10-12-4-3-5-13(12)18)14(19)16-11-15(6-7-15)8-9-20-2/h12-13,18H,3-11H2,1-2H3,(H,16,19). The van der Waals surface area contributed by atoms with Crippen molar-refractivity contribution in [3.63, 3.8) is 0 Å². The molecule has 2 amide bonds. The first-order chi connectivity index (χ1) is 9.56. The Bertz CT molecular complexity index is 331. The zero-order valence-electron chi connectivity index (χ0n) is 12.7. The maximum Gasteiger partial charge on any atom is 0.317 e. The summed E-state index contributed by atoms with van der Waals surface area (Å²) in [5.41, 5.74) is 0.277. The topological polar surface area (TPSA) is 61.8 Å². The highest BCUT2D eigenvalue weighted by molar-refractivity contribution is 5.73. The predicted octanol–water partition coefficient (Wildman–Crippen LogP) is 1.61. The van der Waals surface area contributed by atoms with Crippen molar-refractivity contribution in [2.45, 2.75) is 44.6 Å². The summed E-state index contributed by atoms with van der Waals surface area (Å²) in [6.45, 7) is 2.16. The smallest absolute Gasteiger partial charge is 0.317 e. The van der Waals surface area contributed by atoms with Gasteiger partial charge in [-0.2, -0.15) is 0 Å². The number of carbonyl (C=O) groups excluding carboxylic acids is 1. The van der Waals surface area contributed by atoms with Crippen molar-refractivity contribution in [3.05, 3.63) is 0 Å². The zero-order chi connectivity index (χ0) is 14.6. The van der Waals surface area contributed by atoms with Crippen molar-refractivity contribution in [1.82, 2.24) is 10.2 Å². The third-order valence-corrected chi connectivity index (χ3v) is 4.88. The summed E-state index contributed by atoms with van der Waals surface area (Å²) >= 11 is 0. The fourth-order valence-corrected chi connectivity index (χ4v) is 3.07. The van der Waals surface area contributed by atoms with E-state index >= 15 is 0 Å². The van der Waals surface area contributed by atoms with E-state index in [1.807, 2.05) is 7.05 Å². The molecule has 0 aromatic rings. The molecule has 116 valence electrons.